The maximum Gasteiger partial charge on any atom is 0.128 e. The van der Waals surface area contributed by atoms with Crippen LogP contribution in [0.15, 0.2) is 18.2 Å². The lowest BCUT2D eigenvalue weighted by Crippen LogP contribution is -2.05. The lowest BCUT2D eigenvalue weighted by atomic mass is 10.1. The van der Waals surface area contributed by atoms with E-state index < -0.39 is 6.10 Å². The van der Waals surface area contributed by atoms with E-state index in [0.717, 1.165) is 17.1 Å². The van der Waals surface area contributed by atoms with E-state index in [9.17, 15) is 5.11 Å². The van der Waals surface area contributed by atoms with Crippen molar-refractivity contribution in [3.63, 3.8) is 0 Å². The van der Waals surface area contributed by atoms with E-state index in [4.69, 9.17) is 9.47 Å². The maximum absolute atomic E-state index is 10.2. The molecule has 0 fully saturated rings. The number of rotatable bonds is 7. The van der Waals surface area contributed by atoms with E-state index >= 15 is 0 Å². The van der Waals surface area contributed by atoms with Gasteiger partial charge in [-0.3, -0.25) is 0 Å². The van der Waals surface area contributed by atoms with Crippen LogP contribution in [0.3, 0.4) is 0 Å². The number of hydrogen-bond donors (Lipinski definition) is 1. The second-order valence-corrected chi connectivity index (χ2v) is 5.63. The summed E-state index contributed by atoms with van der Waals surface area (Å²) < 4.78 is 10.4. The van der Waals surface area contributed by atoms with E-state index in [1.54, 1.807) is 32.0 Å². The molecular formula is C14H22O3S. The fourth-order valence-corrected chi connectivity index (χ4v) is 2.61. The van der Waals surface area contributed by atoms with Crippen LogP contribution in [0.2, 0.25) is 0 Å². The maximum atomic E-state index is 10.2. The Morgan fingerprint density at radius 2 is 1.89 bits per heavy atom. The highest BCUT2D eigenvalue weighted by Gasteiger charge is 2.14. The fraction of sp³-hybridized carbons (Fsp3) is 0.571. The molecule has 0 saturated carbocycles. The summed E-state index contributed by atoms with van der Waals surface area (Å²) in [5, 5.41) is 10.2. The number of thioether (sulfide) groups is 1. The quantitative estimate of drug-likeness (QED) is 0.826. The zero-order valence-electron chi connectivity index (χ0n) is 11.5. The van der Waals surface area contributed by atoms with Gasteiger partial charge in [0, 0.05) is 17.4 Å². The predicted molar refractivity (Wildman–Crippen MR) is 76.7 cm³/mol. The summed E-state index contributed by atoms with van der Waals surface area (Å²) in [5.41, 5.74) is 0.814. The van der Waals surface area contributed by atoms with Gasteiger partial charge in [-0.05, 0) is 23.8 Å². The minimum atomic E-state index is -0.505. The Labute approximate surface area is 113 Å². The summed E-state index contributed by atoms with van der Waals surface area (Å²) in [6.07, 6.45) is -0.505. The van der Waals surface area contributed by atoms with Crippen molar-refractivity contribution in [3.05, 3.63) is 23.8 Å². The molecule has 1 aromatic rings. The number of benzene rings is 1. The van der Waals surface area contributed by atoms with Crippen molar-refractivity contribution in [1.29, 1.82) is 0 Å². The van der Waals surface area contributed by atoms with Crippen LogP contribution >= 0.6 is 11.8 Å². The van der Waals surface area contributed by atoms with Crippen molar-refractivity contribution >= 4 is 11.8 Å². The van der Waals surface area contributed by atoms with Gasteiger partial charge in [0.15, 0.2) is 0 Å². The molecular weight excluding hydrogens is 248 g/mol. The van der Waals surface area contributed by atoms with E-state index in [1.165, 1.54) is 0 Å². The number of hydrogen-bond acceptors (Lipinski definition) is 4. The normalized spacial score (nSPS) is 12.6. The monoisotopic (exact) mass is 270 g/mol. The number of aliphatic hydroxyl groups is 1. The zero-order valence-corrected chi connectivity index (χ0v) is 12.3. The molecule has 0 aliphatic heterocycles. The molecule has 0 heterocycles. The lowest BCUT2D eigenvalue weighted by molar-refractivity contribution is 0.198. The van der Waals surface area contributed by atoms with Crippen molar-refractivity contribution in [3.8, 4) is 11.5 Å². The van der Waals surface area contributed by atoms with Gasteiger partial charge in [-0.1, -0.05) is 13.8 Å². The third kappa shape index (κ3) is 4.42. The summed E-state index contributed by atoms with van der Waals surface area (Å²) in [5.74, 6) is 3.78. The van der Waals surface area contributed by atoms with Crippen LogP contribution in [-0.4, -0.2) is 30.8 Å². The Balaban J connectivity index is 2.69. The Hall–Kier alpha value is -0.870. The average Bonchev–Trinajstić information content (AvgIpc) is 2.37. The summed E-state index contributed by atoms with van der Waals surface area (Å²) in [6, 6.07) is 5.50. The topological polar surface area (TPSA) is 38.7 Å². The highest BCUT2D eigenvalue weighted by Crippen LogP contribution is 2.31. The van der Waals surface area contributed by atoms with Crippen LogP contribution in [0, 0.1) is 5.92 Å². The molecule has 0 amide bonds. The minimum Gasteiger partial charge on any atom is -0.497 e. The van der Waals surface area contributed by atoms with Crippen molar-refractivity contribution in [1.82, 2.24) is 0 Å². The van der Waals surface area contributed by atoms with Gasteiger partial charge in [0.05, 0.1) is 20.3 Å². The molecule has 0 spiro atoms. The van der Waals surface area contributed by atoms with Crippen LogP contribution in [-0.2, 0) is 0 Å². The smallest absolute Gasteiger partial charge is 0.128 e. The molecule has 0 bridgehead atoms. The summed E-state index contributed by atoms with van der Waals surface area (Å²) in [4.78, 5) is 0. The van der Waals surface area contributed by atoms with Gasteiger partial charge in [-0.25, -0.2) is 0 Å². The number of ether oxygens (including phenoxy) is 2. The molecule has 0 aliphatic carbocycles. The van der Waals surface area contributed by atoms with Crippen LogP contribution in [0.4, 0.5) is 0 Å². The highest BCUT2D eigenvalue weighted by atomic mass is 32.2. The largest absolute Gasteiger partial charge is 0.497 e. The first kappa shape index (κ1) is 15.2. The second-order valence-electron chi connectivity index (χ2n) is 4.55. The molecule has 102 valence electrons. The van der Waals surface area contributed by atoms with Gasteiger partial charge in [0.25, 0.3) is 0 Å². The van der Waals surface area contributed by atoms with E-state index in [0.29, 0.717) is 17.4 Å². The van der Waals surface area contributed by atoms with Gasteiger partial charge in [0.1, 0.15) is 11.5 Å². The van der Waals surface area contributed by atoms with E-state index in [-0.39, 0.29) is 0 Å². The number of aliphatic hydroxyl groups excluding tert-OH is 1. The van der Waals surface area contributed by atoms with Crippen LogP contribution in [0.5, 0.6) is 11.5 Å². The molecule has 0 aliphatic rings. The third-order valence-electron chi connectivity index (χ3n) is 2.53. The molecule has 1 unspecified atom stereocenters. The molecule has 0 radical (unpaired) electrons. The van der Waals surface area contributed by atoms with Crippen molar-refractivity contribution in [2.75, 3.05) is 25.7 Å². The first-order valence-corrected chi connectivity index (χ1v) is 7.21. The van der Waals surface area contributed by atoms with Crippen molar-refractivity contribution in [2.45, 2.75) is 20.0 Å². The Morgan fingerprint density at radius 1 is 1.17 bits per heavy atom. The molecule has 18 heavy (non-hydrogen) atoms. The second kappa shape index (κ2) is 7.54. The molecule has 1 atom stereocenters. The Bertz CT molecular complexity index is 366. The van der Waals surface area contributed by atoms with Crippen LogP contribution < -0.4 is 9.47 Å². The SMILES string of the molecule is COc1ccc(C(O)CSCC(C)C)c(OC)c1. The van der Waals surface area contributed by atoms with Gasteiger partial charge in [-0.2, -0.15) is 11.8 Å². The van der Waals surface area contributed by atoms with Gasteiger partial charge in [0.2, 0.25) is 0 Å². The standard InChI is InChI=1S/C14H22O3S/c1-10(2)8-18-9-13(15)12-6-5-11(16-3)7-14(12)17-4/h5-7,10,13,15H,8-9H2,1-4H3. The zero-order chi connectivity index (χ0) is 13.5. The molecule has 1 aromatic carbocycles. The lowest BCUT2D eigenvalue weighted by Gasteiger charge is -2.16. The van der Waals surface area contributed by atoms with Gasteiger partial charge >= 0.3 is 0 Å². The molecule has 0 aromatic heterocycles. The van der Waals surface area contributed by atoms with Gasteiger partial charge in [-0.15, -0.1) is 0 Å². The molecule has 1 rings (SSSR count). The van der Waals surface area contributed by atoms with Crippen LogP contribution in [0.25, 0.3) is 0 Å². The van der Waals surface area contributed by atoms with E-state index in [1.807, 2.05) is 12.1 Å². The number of methoxy groups -OCH3 is 2. The molecule has 1 N–H and O–H groups in total. The van der Waals surface area contributed by atoms with Crippen molar-refractivity contribution in [2.24, 2.45) is 5.92 Å². The van der Waals surface area contributed by atoms with E-state index in [2.05, 4.69) is 13.8 Å². The predicted octanol–water partition coefficient (Wildman–Crippen LogP) is 3.13. The Morgan fingerprint density at radius 3 is 2.44 bits per heavy atom. The van der Waals surface area contributed by atoms with Crippen molar-refractivity contribution < 1.29 is 14.6 Å². The summed E-state index contributed by atoms with van der Waals surface area (Å²) >= 11 is 1.76. The molecule has 3 nitrogen and oxygen atoms in total. The minimum absolute atomic E-state index is 0.505. The first-order chi connectivity index (χ1) is 8.58. The average molecular weight is 270 g/mol. The first-order valence-electron chi connectivity index (χ1n) is 6.06. The molecule has 4 heteroatoms. The third-order valence-corrected chi connectivity index (χ3v) is 3.98. The molecule has 0 saturated heterocycles. The van der Waals surface area contributed by atoms with Crippen LogP contribution in [0.1, 0.15) is 25.5 Å². The summed E-state index contributed by atoms with van der Waals surface area (Å²) in [6.45, 7) is 4.35. The fourth-order valence-electron chi connectivity index (χ4n) is 1.60. The summed E-state index contributed by atoms with van der Waals surface area (Å²) in [7, 11) is 3.22. The Kier molecular flexibility index (Phi) is 6.36. The highest BCUT2D eigenvalue weighted by molar-refractivity contribution is 7.99. The van der Waals surface area contributed by atoms with Gasteiger partial charge < -0.3 is 14.6 Å².